The monoisotopic (exact) mass is 424 g/mol. The van der Waals surface area contributed by atoms with Crippen molar-refractivity contribution < 1.29 is 19.3 Å². The van der Waals surface area contributed by atoms with Crippen molar-refractivity contribution in [3.8, 4) is 0 Å². The van der Waals surface area contributed by atoms with E-state index in [0.29, 0.717) is 12.1 Å². The number of hydrogen-bond acceptors (Lipinski definition) is 5. The molecule has 1 atom stereocenters. The molecule has 9 heteroatoms. The molecular formula is C22H24N4O5. The third kappa shape index (κ3) is 4.40. The number of nitro benzene ring substituents is 1. The van der Waals surface area contributed by atoms with Crippen molar-refractivity contribution in [2.24, 2.45) is 0 Å². The number of nitro groups is 1. The fraction of sp³-hybridized carbons (Fsp3) is 0.318. The van der Waals surface area contributed by atoms with Gasteiger partial charge in [0, 0.05) is 24.7 Å². The lowest BCUT2D eigenvalue weighted by molar-refractivity contribution is -0.384. The van der Waals surface area contributed by atoms with Crippen LogP contribution in [0.15, 0.2) is 54.6 Å². The van der Waals surface area contributed by atoms with Crippen molar-refractivity contribution in [2.45, 2.75) is 38.9 Å². The van der Waals surface area contributed by atoms with E-state index < -0.39 is 28.9 Å². The van der Waals surface area contributed by atoms with Gasteiger partial charge in [0.2, 0.25) is 5.91 Å². The van der Waals surface area contributed by atoms with Gasteiger partial charge in [0.25, 0.3) is 11.6 Å². The summed E-state index contributed by atoms with van der Waals surface area (Å²) >= 11 is 0. The SMILES string of the molecule is CC(C)N(Cc1ccccc1)C(=O)CN1C(=O)N[C@](C)(c2ccc([N+](=O)[O-])cc2)C1=O. The molecule has 0 saturated carbocycles. The molecule has 31 heavy (non-hydrogen) atoms. The van der Waals surface area contributed by atoms with Gasteiger partial charge in [0.15, 0.2) is 0 Å². The first-order valence-electron chi connectivity index (χ1n) is 9.86. The number of carbonyl (C=O) groups is 3. The molecule has 162 valence electrons. The molecule has 0 aromatic heterocycles. The summed E-state index contributed by atoms with van der Waals surface area (Å²) in [5.74, 6) is -0.932. The predicted octanol–water partition coefficient (Wildman–Crippen LogP) is 2.80. The summed E-state index contributed by atoms with van der Waals surface area (Å²) in [5, 5.41) is 13.5. The Labute approximate surface area is 179 Å². The van der Waals surface area contributed by atoms with Crippen molar-refractivity contribution in [3.05, 3.63) is 75.8 Å². The maximum absolute atomic E-state index is 13.1. The molecule has 1 N–H and O–H groups in total. The number of benzene rings is 2. The van der Waals surface area contributed by atoms with E-state index >= 15 is 0 Å². The summed E-state index contributed by atoms with van der Waals surface area (Å²) in [6.45, 7) is 5.23. The minimum atomic E-state index is -1.41. The fourth-order valence-electron chi connectivity index (χ4n) is 3.52. The number of nitrogens with one attached hydrogen (secondary N) is 1. The van der Waals surface area contributed by atoms with Crippen LogP contribution in [-0.2, 0) is 21.7 Å². The van der Waals surface area contributed by atoms with E-state index in [1.807, 2.05) is 44.2 Å². The second-order valence-corrected chi connectivity index (χ2v) is 7.85. The Bertz CT molecular complexity index is 1010. The number of urea groups is 1. The van der Waals surface area contributed by atoms with Gasteiger partial charge in [-0.2, -0.15) is 0 Å². The summed E-state index contributed by atoms with van der Waals surface area (Å²) in [6.07, 6.45) is 0. The van der Waals surface area contributed by atoms with Crippen LogP contribution in [0.4, 0.5) is 10.5 Å². The molecule has 0 aliphatic carbocycles. The number of rotatable bonds is 7. The highest BCUT2D eigenvalue weighted by atomic mass is 16.6. The first kappa shape index (κ1) is 21.9. The Kier molecular flexibility index (Phi) is 6.05. The van der Waals surface area contributed by atoms with E-state index in [2.05, 4.69) is 5.32 Å². The van der Waals surface area contributed by atoms with Crippen LogP contribution in [0.5, 0.6) is 0 Å². The number of non-ortho nitro benzene ring substituents is 1. The summed E-state index contributed by atoms with van der Waals surface area (Å²) in [7, 11) is 0. The highest BCUT2D eigenvalue weighted by Gasteiger charge is 2.49. The molecule has 0 bridgehead atoms. The molecule has 4 amide bonds. The summed E-state index contributed by atoms with van der Waals surface area (Å²) in [4.78, 5) is 51.4. The molecule has 2 aromatic rings. The van der Waals surface area contributed by atoms with Gasteiger partial charge in [0.05, 0.1) is 4.92 Å². The van der Waals surface area contributed by atoms with Gasteiger partial charge in [-0.25, -0.2) is 4.79 Å². The lowest BCUT2D eigenvalue weighted by Gasteiger charge is -2.28. The lowest BCUT2D eigenvalue weighted by Crippen LogP contribution is -2.46. The van der Waals surface area contributed by atoms with Crippen molar-refractivity contribution in [3.63, 3.8) is 0 Å². The zero-order valence-electron chi connectivity index (χ0n) is 17.6. The topological polar surface area (TPSA) is 113 Å². The van der Waals surface area contributed by atoms with E-state index in [4.69, 9.17) is 0 Å². The van der Waals surface area contributed by atoms with Gasteiger partial charge in [-0.15, -0.1) is 0 Å². The van der Waals surface area contributed by atoms with Gasteiger partial charge in [-0.3, -0.25) is 24.6 Å². The van der Waals surface area contributed by atoms with Crippen LogP contribution in [-0.4, -0.2) is 45.2 Å². The second-order valence-electron chi connectivity index (χ2n) is 7.85. The minimum Gasteiger partial charge on any atom is -0.334 e. The Morgan fingerprint density at radius 3 is 2.29 bits per heavy atom. The average molecular weight is 424 g/mol. The lowest BCUT2D eigenvalue weighted by atomic mass is 9.92. The van der Waals surface area contributed by atoms with Crippen LogP contribution >= 0.6 is 0 Å². The largest absolute Gasteiger partial charge is 0.334 e. The Hall–Kier alpha value is -3.75. The molecule has 0 spiro atoms. The second kappa shape index (κ2) is 8.55. The molecule has 0 radical (unpaired) electrons. The number of carbonyl (C=O) groups excluding carboxylic acids is 3. The van der Waals surface area contributed by atoms with Crippen LogP contribution in [0.2, 0.25) is 0 Å². The average Bonchev–Trinajstić information content (AvgIpc) is 2.96. The minimum absolute atomic E-state index is 0.121. The van der Waals surface area contributed by atoms with Crippen LogP contribution in [0.1, 0.15) is 31.9 Å². The highest BCUT2D eigenvalue weighted by molar-refractivity contribution is 6.09. The zero-order valence-corrected chi connectivity index (χ0v) is 17.6. The molecule has 1 aliphatic rings. The standard InChI is InChI=1S/C22H24N4O5/c1-15(2)24(13-16-7-5-4-6-8-16)19(27)14-25-20(28)22(3,23-21(25)29)17-9-11-18(12-10-17)26(30)31/h4-12,15H,13-14H2,1-3H3,(H,23,29)/t22-/m1/s1. The highest BCUT2D eigenvalue weighted by Crippen LogP contribution is 2.30. The number of hydrogen-bond donors (Lipinski definition) is 1. The van der Waals surface area contributed by atoms with E-state index in [1.54, 1.807) is 4.90 Å². The Morgan fingerprint density at radius 1 is 1.13 bits per heavy atom. The van der Waals surface area contributed by atoms with Gasteiger partial charge < -0.3 is 10.2 Å². The van der Waals surface area contributed by atoms with Crippen LogP contribution in [0.25, 0.3) is 0 Å². The van der Waals surface area contributed by atoms with E-state index in [1.165, 1.54) is 31.2 Å². The van der Waals surface area contributed by atoms with Crippen molar-refractivity contribution in [2.75, 3.05) is 6.54 Å². The van der Waals surface area contributed by atoms with Crippen molar-refractivity contribution >= 4 is 23.5 Å². The molecule has 1 saturated heterocycles. The molecular weight excluding hydrogens is 400 g/mol. The normalized spacial score (nSPS) is 18.3. The van der Waals surface area contributed by atoms with Crippen LogP contribution in [0.3, 0.4) is 0 Å². The molecule has 0 unspecified atom stereocenters. The van der Waals surface area contributed by atoms with Gasteiger partial charge >= 0.3 is 6.03 Å². The third-order valence-electron chi connectivity index (χ3n) is 5.36. The smallest absolute Gasteiger partial charge is 0.325 e. The fourth-order valence-corrected chi connectivity index (χ4v) is 3.52. The predicted molar refractivity (Wildman–Crippen MR) is 113 cm³/mol. The summed E-state index contributed by atoms with van der Waals surface area (Å²) in [5.41, 5.74) is -0.187. The molecule has 1 heterocycles. The Balaban J connectivity index is 1.78. The van der Waals surface area contributed by atoms with E-state index in [0.717, 1.165) is 10.5 Å². The quantitative estimate of drug-likeness (QED) is 0.417. The first-order valence-corrected chi connectivity index (χ1v) is 9.86. The van der Waals surface area contributed by atoms with Crippen LogP contribution in [0, 0.1) is 10.1 Å². The molecule has 9 nitrogen and oxygen atoms in total. The Morgan fingerprint density at radius 2 is 1.74 bits per heavy atom. The molecule has 1 fully saturated rings. The zero-order chi connectivity index (χ0) is 22.8. The van der Waals surface area contributed by atoms with Crippen LogP contribution < -0.4 is 5.32 Å². The summed E-state index contributed by atoms with van der Waals surface area (Å²) < 4.78 is 0. The molecule has 3 rings (SSSR count). The number of imide groups is 1. The molecule has 2 aromatic carbocycles. The van der Waals surface area contributed by atoms with E-state index in [-0.39, 0.29) is 17.6 Å². The van der Waals surface area contributed by atoms with Gasteiger partial charge in [-0.1, -0.05) is 30.3 Å². The first-order chi connectivity index (χ1) is 14.6. The van der Waals surface area contributed by atoms with Gasteiger partial charge in [-0.05, 0) is 44.0 Å². The molecule has 1 aliphatic heterocycles. The van der Waals surface area contributed by atoms with E-state index in [9.17, 15) is 24.5 Å². The number of nitrogens with zero attached hydrogens (tertiary/aromatic N) is 3. The number of amides is 4. The third-order valence-corrected chi connectivity index (χ3v) is 5.36. The maximum atomic E-state index is 13.1. The maximum Gasteiger partial charge on any atom is 0.325 e. The van der Waals surface area contributed by atoms with Crippen molar-refractivity contribution in [1.82, 2.24) is 15.1 Å². The van der Waals surface area contributed by atoms with Crippen molar-refractivity contribution in [1.29, 1.82) is 0 Å². The summed E-state index contributed by atoms with van der Waals surface area (Å²) in [6, 6.07) is 14.0. The van der Waals surface area contributed by atoms with Gasteiger partial charge in [0.1, 0.15) is 12.1 Å².